The van der Waals surface area contributed by atoms with Gasteiger partial charge in [0.15, 0.2) is 5.37 Å². The molecule has 0 saturated carbocycles. The number of hydrogen-bond donors (Lipinski definition) is 2. The standard InChI is InChI=1S/C6H13NO2S/c1-6(2,3)10-4(7)5(8)9/h4H,7H2,1-3H3,(H,8,9). The van der Waals surface area contributed by atoms with Crippen molar-refractivity contribution < 1.29 is 9.90 Å². The van der Waals surface area contributed by atoms with Crippen LogP contribution in [0.2, 0.25) is 0 Å². The molecular formula is C6H13NO2S. The molecule has 0 bridgehead atoms. The highest BCUT2D eigenvalue weighted by Crippen LogP contribution is 2.25. The Bertz CT molecular complexity index is 130. The average molecular weight is 163 g/mol. The van der Waals surface area contributed by atoms with Gasteiger partial charge in [0.05, 0.1) is 0 Å². The van der Waals surface area contributed by atoms with Crippen LogP contribution in [0.15, 0.2) is 0 Å². The fourth-order valence-electron chi connectivity index (χ4n) is 0.431. The number of rotatable bonds is 2. The first-order chi connectivity index (χ1) is 4.33. The van der Waals surface area contributed by atoms with Crippen LogP contribution in [0.3, 0.4) is 0 Å². The maximum Gasteiger partial charge on any atom is 0.330 e. The highest BCUT2D eigenvalue weighted by molar-refractivity contribution is 8.01. The van der Waals surface area contributed by atoms with Crippen LogP contribution in [0.4, 0.5) is 0 Å². The van der Waals surface area contributed by atoms with E-state index >= 15 is 0 Å². The van der Waals surface area contributed by atoms with Gasteiger partial charge in [-0.2, -0.15) is 0 Å². The largest absolute Gasteiger partial charge is 0.479 e. The molecule has 0 aliphatic carbocycles. The summed E-state index contributed by atoms with van der Waals surface area (Å²) in [6, 6.07) is 0. The third-order valence-electron chi connectivity index (χ3n) is 0.724. The molecule has 1 unspecified atom stereocenters. The van der Waals surface area contributed by atoms with Crippen molar-refractivity contribution in [3.63, 3.8) is 0 Å². The summed E-state index contributed by atoms with van der Waals surface area (Å²) in [6.45, 7) is 5.79. The van der Waals surface area contributed by atoms with Gasteiger partial charge in [-0.1, -0.05) is 20.8 Å². The van der Waals surface area contributed by atoms with E-state index < -0.39 is 11.3 Å². The van der Waals surface area contributed by atoms with Crippen molar-refractivity contribution in [1.82, 2.24) is 0 Å². The number of hydrogen-bond acceptors (Lipinski definition) is 3. The average Bonchev–Trinajstić information content (AvgIpc) is 1.60. The first kappa shape index (κ1) is 9.78. The van der Waals surface area contributed by atoms with Gasteiger partial charge in [-0.05, 0) is 0 Å². The molecule has 1 atom stereocenters. The minimum absolute atomic E-state index is 0.0855. The topological polar surface area (TPSA) is 63.3 Å². The maximum atomic E-state index is 10.2. The van der Waals surface area contributed by atoms with E-state index in [1.165, 1.54) is 11.8 Å². The molecule has 10 heavy (non-hydrogen) atoms. The number of nitrogens with two attached hydrogens (primary N) is 1. The lowest BCUT2D eigenvalue weighted by molar-refractivity contribution is -0.136. The van der Waals surface area contributed by atoms with E-state index in [9.17, 15) is 4.79 Å². The zero-order valence-corrected chi connectivity index (χ0v) is 7.23. The van der Waals surface area contributed by atoms with Crippen molar-refractivity contribution in [2.45, 2.75) is 30.9 Å². The Labute approximate surface area is 65.0 Å². The number of carboxylic acid groups (broad SMARTS) is 1. The molecule has 0 aromatic heterocycles. The van der Waals surface area contributed by atoms with Crippen LogP contribution in [0.25, 0.3) is 0 Å². The second kappa shape index (κ2) is 3.25. The van der Waals surface area contributed by atoms with Gasteiger partial charge in [0, 0.05) is 4.75 Å². The van der Waals surface area contributed by atoms with Crippen molar-refractivity contribution in [3.8, 4) is 0 Å². The molecule has 0 amide bonds. The van der Waals surface area contributed by atoms with E-state index in [-0.39, 0.29) is 4.75 Å². The lowest BCUT2D eigenvalue weighted by atomic mass is 10.3. The van der Waals surface area contributed by atoms with Crippen molar-refractivity contribution in [2.75, 3.05) is 0 Å². The first-order valence-electron chi connectivity index (χ1n) is 2.99. The number of carboxylic acids is 1. The summed E-state index contributed by atoms with van der Waals surface area (Å²) < 4.78 is -0.0855. The van der Waals surface area contributed by atoms with E-state index in [0.717, 1.165) is 0 Å². The third kappa shape index (κ3) is 4.64. The summed E-state index contributed by atoms with van der Waals surface area (Å²) in [4.78, 5) is 10.2. The van der Waals surface area contributed by atoms with E-state index in [0.29, 0.717) is 0 Å². The van der Waals surface area contributed by atoms with Gasteiger partial charge in [-0.15, -0.1) is 11.8 Å². The molecule has 0 aliphatic rings. The van der Waals surface area contributed by atoms with Gasteiger partial charge in [0.1, 0.15) is 0 Å². The smallest absolute Gasteiger partial charge is 0.330 e. The highest BCUT2D eigenvalue weighted by atomic mass is 32.2. The van der Waals surface area contributed by atoms with Gasteiger partial charge in [-0.25, -0.2) is 4.79 Å². The lowest BCUT2D eigenvalue weighted by Gasteiger charge is -2.19. The predicted molar refractivity (Wildman–Crippen MR) is 43.0 cm³/mol. The summed E-state index contributed by atoms with van der Waals surface area (Å²) in [6.07, 6.45) is 0. The summed E-state index contributed by atoms with van der Waals surface area (Å²) in [5, 5.41) is 7.59. The zero-order chi connectivity index (χ0) is 8.36. The Morgan fingerprint density at radius 1 is 1.60 bits per heavy atom. The second-order valence-corrected chi connectivity index (χ2v) is 4.96. The van der Waals surface area contributed by atoms with Crippen LogP contribution in [0, 0.1) is 0 Å². The molecule has 0 aromatic carbocycles. The molecule has 0 radical (unpaired) electrons. The molecule has 0 saturated heterocycles. The minimum atomic E-state index is -0.958. The van der Waals surface area contributed by atoms with Crippen molar-refractivity contribution in [3.05, 3.63) is 0 Å². The van der Waals surface area contributed by atoms with Gasteiger partial charge in [0.2, 0.25) is 0 Å². The monoisotopic (exact) mass is 163 g/mol. The predicted octanol–water partition coefficient (Wildman–Crippen LogP) is 0.887. The molecule has 0 aliphatic heterocycles. The summed E-state index contributed by atoms with van der Waals surface area (Å²) in [5.41, 5.74) is 5.27. The van der Waals surface area contributed by atoms with Crippen LogP contribution in [-0.2, 0) is 4.79 Å². The number of aliphatic carboxylic acids is 1. The summed E-state index contributed by atoms with van der Waals surface area (Å²) >= 11 is 1.24. The fraction of sp³-hybridized carbons (Fsp3) is 0.833. The van der Waals surface area contributed by atoms with E-state index in [1.807, 2.05) is 20.8 Å². The quantitative estimate of drug-likeness (QED) is 0.593. The molecule has 60 valence electrons. The maximum absolute atomic E-state index is 10.2. The SMILES string of the molecule is CC(C)(C)SC(N)C(=O)O. The van der Waals surface area contributed by atoms with Crippen LogP contribution in [0.1, 0.15) is 20.8 Å². The molecule has 0 fully saturated rings. The summed E-state index contributed by atoms with van der Waals surface area (Å²) in [7, 11) is 0. The molecule has 3 N–H and O–H groups in total. The second-order valence-electron chi connectivity index (χ2n) is 2.99. The molecule has 0 spiro atoms. The van der Waals surface area contributed by atoms with Gasteiger partial charge in [-0.3, -0.25) is 0 Å². The Balaban J connectivity index is 3.80. The zero-order valence-electron chi connectivity index (χ0n) is 6.42. The van der Waals surface area contributed by atoms with Crippen molar-refractivity contribution >= 4 is 17.7 Å². The molecule has 3 nitrogen and oxygen atoms in total. The molecule has 4 heteroatoms. The number of carbonyl (C=O) groups is 1. The minimum Gasteiger partial charge on any atom is -0.479 e. The molecular weight excluding hydrogens is 150 g/mol. The number of thioether (sulfide) groups is 1. The lowest BCUT2D eigenvalue weighted by Crippen LogP contribution is -2.30. The Morgan fingerprint density at radius 3 is 2.10 bits per heavy atom. The van der Waals surface area contributed by atoms with Gasteiger partial charge >= 0.3 is 5.97 Å². The normalized spacial score (nSPS) is 14.8. The van der Waals surface area contributed by atoms with Crippen molar-refractivity contribution in [1.29, 1.82) is 0 Å². The highest BCUT2D eigenvalue weighted by Gasteiger charge is 2.20. The summed E-state index contributed by atoms with van der Waals surface area (Å²) in [5.74, 6) is -0.958. The van der Waals surface area contributed by atoms with Crippen LogP contribution in [0.5, 0.6) is 0 Å². The van der Waals surface area contributed by atoms with Crippen molar-refractivity contribution in [2.24, 2.45) is 5.73 Å². The van der Waals surface area contributed by atoms with Crippen LogP contribution >= 0.6 is 11.8 Å². The van der Waals surface area contributed by atoms with E-state index in [2.05, 4.69) is 0 Å². The Hall–Kier alpha value is -0.220. The molecule has 0 aromatic rings. The van der Waals surface area contributed by atoms with Gasteiger partial charge < -0.3 is 10.8 Å². The molecule has 0 heterocycles. The van der Waals surface area contributed by atoms with E-state index in [1.54, 1.807) is 0 Å². The Kier molecular flexibility index (Phi) is 3.18. The first-order valence-corrected chi connectivity index (χ1v) is 3.87. The van der Waals surface area contributed by atoms with Gasteiger partial charge in [0.25, 0.3) is 0 Å². The Morgan fingerprint density at radius 2 is 2.00 bits per heavy atom. The van der Waals surface area contributed by atoms with Crippen LogP contribution < -0.4 is 5.73 Å². The fourth-order valence-corrected chi connectivity index (χ4v) is 1.29. The third-order valence-corrected chi connectivity index (χ3v) is 1.89. The van der Waals surface area contributed by atoms with E-state index in [4.69, 9.17) is 10.8 Å². The molecule has 0 rings (SSSR count). The van der Waals surface area contributed by atoms with Crippen LogP contribution in [-0.4, -0.2) is 21.2 Å².